The number of aliphatic hydroxyl groups excluding tert-OH is 1. The molecule has 0 radical (unpaired) electrons. The molecule has 1 saturated carbocycles. The Labute approximate surface area is 196 Å². The van der Waals surface area contributed by atoms with Crippen molar-refractivity contribution in [2.75, 3.05) is 25.5 Å². The van der Waals surface area contributed by atoms with Gasteiger partial charge in [0, 0.05) is 12.7 Å². The molecule has 2 aliphatic rings. The second-order valence-corrected chi connectivity index (χ2v) is 10.4. The number of rotatable bonds is 9. The Bertz CT molecular complexity index is 948. The van der Waals surface area contributed by atoms with Gasteiger partial charge in [0.05, 0.1) is 12.5 Å². The Morgan fingerprint density at radius 2 is 2.06 bits per heavy atom. The second kappa shape index (κ2) is 11.3. The zero-order valence-electron chi connectivity index (χ0n) is 19.0. The third kappa shape index (κ3) is 6.63. The summed E-state index contributed by atoms with van der Waals surface area (Å²) in [6, 6.07) is 1.32. The van der Waals surface area contributed by atoms with Crippen molar-refractivity contribution in [2.24, 2.45) is 5.92 Å². The Balaban J connectivity index is 1.47. The molecule has 2 unspecified atom stereocenters. The summed E-state index contributed by atoms with van der Waals surface area (Å²) in [7, 11) is -4.33. The molecule has 14 heteroatoms. The van der Waals surface area contributed by atoms with Gasteiger partial charge in [-0.2, -0.15) is 4.98 Å². The number of hydrogen-bond acceptors (Lipinski definition) is 10. The maximum absolute atomic E-state index is 12.3. The highest BCUT2D eigenvalue weighted by molar-refractivity contribution is 7.50. The molecule has 6 N–H and O–H groups in total. The Morgan fingerprint density at radius 3 is 2.71 bits per heavy atom. The summed E-state index contributed by atoms with van der Waals surface area (Å²) in [4.78, 5) is 37.8. The summed E-state index contributed by atoms with van der Waals surface area (Å²) >= 11 is 0. The lowest BCUT2D eigenvalue weighted by Crippen LogP contribution is -2.46. The van der Waals surface area contributed by atoms with Gasteiger partial charge in [-0.05, 0) is 25.8 Å². The molecule has 0 bridgehead atoms. The van der Waals surface area contributed by atoms with Crippen molar-refractivity contribution in [1.29, 1.82) is 0 Å². The van der Waals surface area contributed by atoms with Crippen LogP contribution in [0.5, 0.6) is 0 Å². The number of aliphatic hydroxyl groups is 2. The molecular weight excluding hydrogens is 471 g/mol. The minimum Gasteiger partial charge on any atom is -0.464 e. The number of nitrogens with zero attached hydrogens (tertiary/aromatic N) is 2. The van der Waals surface area contributed by atoms with E-state index in [0.29, 0.717) is 0 Å². The molecule has 5 atom stereocenters. The lowest BCUT2D eigenvalue weighted by molar-refractivity contribution is -0.148. The topological polar surface area (TPSA) is 195 Å². The van der Waals surface area contributed by atoms with Gasteiger partial charge < -0.3 is 30.3 Å². The predicted octanol–water partition coefficient (Wildman–Crippen LogP) is 0.0550. The Hall–Kier alpha value is -1.86. The number of esters is 1. The number of nitrogens with one attached hydrogen (secondary N) is 1. The van der Waals surface area contributed by atoms with Crippen LogP contribution in [-0.4, -0.2) is 68.2 Å². The maximum atomic E-state index is 12.3. The van der Waals surface area contributed by atoms with E-state index in [1.807, 2.05) is 0 Å². The van der Waals surface area contributed by atoms with Gasteiger partial charge in [-0.3, -0.25) is 13.9 Å². The number of carbonyl (C=O) groups is 1. The molecule has 1 aromatic rings. The SMILES string of the molecule is C[C@]1(O)C(n2ccc(N)nc2=O)O[C@@H](COP(=O)(O)NCCOC(=O)C2CCCCCC2)[C@H]1O. The molecular formula is C20H33N4O9P. The van der Waals surface area contributed by atoms with Crippen LogP contribution in [-0.2, 0) is 23.4 Å². The average Bonchev–Trinajstić information content (AvgIpc) is 2.96. The van der Waals surface area contributed by atoms with Crippen molar-refractivity contribution in [3.8, 4) is 0 Å². The largest absolute Gasteiger partial charge is 0.464 e. The van der Waals surface area contributed by atoms with Gasteiger partial charge in [0.1, 0.15) is 30.2 Å². The first-order valence-electron chi connectivity index (χ1n) is 11.3. The van der Waals surface area contributed by atoms with Crippen LogP contribution in [0.15, 0.2) is 17.1 Å². The molecule has 0 amide bonds. The van der Waals surface area contributed by atoms with Gasteiger partial charge in [-0.25, -0.2) is 14.4 Å². The van der Waals surface area contributed by atoms with E-state index in [1.165, 1.54) is 19.2 Å². The van der Waals surface area contributed by atoms with Crippen LogP contribution in [0, 0.1) is 5.92 Å². The molecule has 1 aliphatic heterocycles. The fourth-order valence-electron chi connectivity index (χ4n) is 4.17. The normalized spacial score (nSPS) is 29.9. The first-order chi connectivity index (χ1) is 16.0. The molecule has 34 heavy (non-hydrogen) atoms. The lowest BCUT2D eigenvalue weighted by Gasteiger charge is -2.27. The van der Waals surface area contributed by atoms with E-state index in [2.05, 4.69) is 10.1 Å². The predicted molar refractivity (Wildman–Crippen MR) is 119 cm³/mol. The van der Waals surface area contributed by atoms with Gasteiger partial charge in [0.2, 0.25) is 0 Å². The van der Waals surface area contributed by atoms with Gasteiger partial charge >= 0.3 is 19.4 Å². The van der Waals surface area contributed by atoms with Gasteiger partial charge in [0.25, 0.3) is 0 Å². The van der Waals surface area contributed by atoms with Crippen LogP contribution < -0.4 is 16.5 Å². The smallest absolute Gasteiger partial charge is 0.403 e. The standard InChI is InChI=1S/C20H33N4O9P/c1-20(28)16(25)14(33-18(20)24-10-8-15(21)23-19(24)27)12-32-34(29,30)22-9-11-31-17(26)13-6-4-2-3-5-7-13/h8,10,13-14,16,18,25,28H,2-7,9,11-12H2,1H3,(H2,21,23,27)(H2,22,29,30)/t14-,16+,18?,20+/m0/s1. The summed E-state index contributed by atoms with van der Waals surface area (Å²) in [6.45, 7) is 0.473. The maximum Gasteiger partial charge on any atom is 0.403 e. The van der Waals surface area contributed by atoms with E-state index in [-0.39, 0.29) is 30.9 Å². The fourth-order valence-corrected chi connectivity index (χ4v) is 4.99. The zero-order valence-corrected chi connectivity index (χ0v) is 19.9. The first-order valence-corrected chi connectivity index (χ1v) is 12.9. The molecule has 0 aromatic carbocycles. The number of carbonyl (C=O) groups excluding carboxylic acids is 1. The van der Waals surface area contributed by atoms with E-state index < -0.39 is 44.1 Å². The van der Waals surface area contributed by atoms with Crippen molar-refractivity contribution in [2.45, 2.75) is 69.5 Å². The monoisotopic (exact) mass is 504 g/mol. The molecule has 3 rings (SSSR count). The lowest BCUT2D eigenvalue weighted by atomic mass is 9.96. The summed E-state index contributed by atoms with van der Waals surface area (Å²) in [5, 5.41) is 23.4. The van der Waals surface area contributed by atoms with Crippen LogP contribution >= 0.6 is 7.75 Å². The third-order valence-electron chi connectivity index (χ3n) is 6.12. The van der Waals surface area contributed by atoms with Gasteiger partial charge in [-0.1, -0.05) is 25.7 Å². The number of nitrogens with two attached hydrogens (primary N) is 1. The van der Waals surface area contributed by atoms with Gasteiger partial charge in [-0.15, -0.1) is 0 Å². The summed E-state index contributed by atoms with van der Waals surface area (Å²) in [5.74, 6) is -0.461. The number of aromatic nitrogens is 2. The van der Waals surface area contributed by atoms with E-state index in [9.17, 15) is 29.3 Å². The van der Waals surface area contributed by atoms with Crippen molar-refractivity contribution in [3.05, 3.63) is 22.7 Å². The van der Waals surface area contributed by atoms with Crippen LogP contribution in [0.4, 0.5) is 5.82 Å². The van der Waals surface area contributed by atoms with E-state index in [4.69, 9.17) is 19.7 Å². The Kier molecular flexibility index (Phi) is 8.85. The van der Waals surface area contributed by atoms with Crippen LogP contribution in [0.3, 0.4) is 0 Å². The third-order valence-corrected chi connectivity index (χ3v) is 7.24. The minimum absolute atomic E-state index is 0.0217. The molecule has 192 valence electrons. The molecule has 0 spiro atoms. The van der Waals surface area contributed by atoms with Crippen molar-refractivity contribution < 1.29 is 38.5 Å². The molecule has 2 heterocycles. The highest BCUT2D eigenvalue weighted by atomic mass is 31.2. The number of hydrogen-bond donors (Lipinski definition) is 5. The van der Waals surface area contributed by atoms with E-state index >= 15 is 0 Å². The molecule has 1 aromatic heterocycles. The van der Waals surface area contributed by atoms with Crippen molar-refractivity contribution in [3.63, 3.8) is 0 Å². The molecule has 1 aliphatic carbocycles. The summed E-state index contributed by atoms with van der Waals surface area (Å²) in [5.41, 5.74) is 2.74. The molecule has 2 fully saturated rings. The van der Waals surface area contributed by atoms with Crippen molar-refractivity contribution >= 4 is 19.5 Å². The van der Waals surface area contributed by atoms with Crippen LogP contribution in [0.25, 0.3) is 0 Å². The highest BCUT2D eigenvalue weighted by Gasteiger charge is 2.53. The zero-order chi connectivity index (χ0) is 24.9. The highest BCUT2D eigenvalue weighted by Crippen LogP contribution is 2.41. The molecule has 13 nitrogen and oxygen atoms in total. The fraction of sp³-hybridized carbons (Fsp3) is 0.750. The van der Waals surface area contributed by atoms with E-state index in [0.717, 1.165) is 43.1 Å². The Morgan fingerprint density at radius 1 is 1.38 bits per heavy atom. The summed E-state index contributed by atoms with van der Waals surface area (Å²) < 4.78 is 29.0. The first kappa shape index (κ1) is 26.7. The molecule has 1 saturated heterocycles. The van der Waals surface area contributed by atoms with E-state index in [1.54, 1.807) is 0 Å². The number of nitrogen functional groups attached to an aromatic ring is 1. The quantitative estimate of drug-likeness (QED) is 0.131. The summed E-state index contributed by atoms with van der Waals surface area (Å²) in [6.07, 6.45) is 2.96. The number of ether oxygens (including phenoxy) is 2. The van der Waals surface area contributed by atoms with Crippen LogP contribution in [0.2, 0.25) is 0 Å². The van der Waals surface area contributed by atoms with Crippen LogP contribution in [0.1, 0.15) is 51.7 Å². The van der Waals surface area contributed by atoms with Gasteiger partial charge in [0.15, 0.2) is 6.23 Å². The number of anilines is 1. The second-order valence-electron chi connectivity index (χ2n) is 8.82. The average molecular weight is 504 g/mol. The van der Waals surface area contributed by atoms with Crippen molar-refractivity contribution in [1.82, 2.24) is 14.6 Å². The minimum atomic E-state index is -4.33.